The Bertz CT molecular complexity index is 585. The normalized spacial score (nSPS) is 11.9. The zero-order valence-electron chi connectivity index (χ0n) is 12.4. The summed E-state index contributed by atoms with van der Waals surface area (Å²) >= 11 is 0. The molecule has 2 rings (SSSR count). The van der Waals surface area contributed by atoms with Gasteiger partial charge in [-0.25, -0.2) is 0 Å². The lowest BCUT2D eigenvalue weighted by molar-refractivity contribution is -0.135. The van der Waals surface area contributed by atoms with Gasteiger partial charge >= 0.3 is 5.97 Å². The topological polar surface area (TPSA) is 46.5 Å². The summed E-state index contributed by atoms with van der Waals surface area (Å²) < 4.78 is 5.32. The second-order valence-electron chi connectivity index (χ2n) is 5.26. The van der Waals surface area contributed by atoms with Crippen LogP contribution in [0, 0.1) is 5.92 Å². The lowest BCUT2D eigenvalue weighted by Crippen LogP contribution is -2.11. The summed E-state index contributed by atoms with van der Waals surface area (Å²) in [6.45, 7) is 4.10. The molecule has 0 heterocycles. The summed E-state index contributed by atoms with van der Waals surface area (Å²) in [5.41, 5.74) is 2.02. The van der Waals surface area contributed by atoms with Crippen molar-refractivity contribution >= 4 is 5.97 Å². The number of rotatable bonds is 5. The minimum absolute atomic E-state index is 0.193. The Morgan fingerprint density at radius 1 is 1.05 bits per heavy atom. The van der Waals surface area contributed by atoms with Crippen molar-refractivity contribution in [2.75, 3.05) is 0 Å². The maximum absolute atomic E-state index is 11.7. The van der Waals surface area contributed by atoms with E-state index in [2.05, 4.69) is 6.92 Å². The number of phenols is 1. The van der Waals surface area contributed by atoms with Crippen LogP contribution in [0.15, 0.2) is 48.5 Å². The van der Waals surface area contributed by atoms with Crippen LogP contribution in [0.2, 0.25) is 0 Å². The van der Waals surface area contributed by atoms with E-state index in [1.54, 1.807) is 24.3 Å². The Morgan fingerprint density at radius 2 is 1.57 bits per heavy atom. The van der Waals surface area contributed by atoms with Crippen molar-refractivity contribution in [3.63, 3.8) is 0 Å². The molecule has 0 fully saturated rings. The number of carbonyl (C=O) groups is 1. The molecule has 2 aromatic rings. The van der Waals surface area contributed by atoms with E-state index >= 15 is 0 Å². The Labute approximate surface area is 125 Å². The Kier molecular flexibility index (Phi) is 4.99. The fraction of sp³-hybridized carbons (Fsp3) is 0.278. The molecule has 2 aromatic carbocycles. The average molecular weight is 284 g/mol. The smallest absolute Gasteiger partial charge is 0.311 e. The molecule has 0 saturated carbocycles. The zero-order valence-corrected chi connectivity index (χ0v) is 12.4. The number of esters is 1. The molecule has 0 bridgehead atoms. The van der Waals surface area contributed by atoms with E-state index in [9.17, 15) is 9.90 Å². The van der Waals surface area contributed by atoms with Crippen molar-refractivity contribution < 1.29 is 14.6 Å². The van der Waals surface area contributed by atoms with Crippen LogP contribution in [-0.2, 0) is 4.79 Å². The largest absolute Gasteiger partial charge is 0.508 e. The van der Waals surface area contributed by atoms with E-state index in [1.807, 2.05) is 31.2 Å². The predicted molar refractivity (Wildman–Crippen MR) is 83.2 cm³/mol. The molecule has 0 aromatic heterocycles. The fourth-order valence-corrected chi connectivity index (χ4v) is 1.97. The highest BCUT2D eigenvalue weighted by Gasteiger charge is 2.09. The molecule has 3 heteroatoms. The van der Waals surface area contributed by atoms with Crippen molar-refractivity contribution in [2.24, 2.45) is 5.92 Å². The molecular formula is C18H20O3. The molecule has 0 saturated heterocycles. The summed E-state index contributed by atoms with van der Waals surface area (Å²) in [7, 11) is 0. The van der Waals surface area contributed by atoms with E-state index < -0.39 is 0 Å². The Hall–Kier alpha value is -2.29. The van der Waals surface area contributed by atoms with Gasteiger partial charge in [-0.05, 0) is 41.3 Å². The first-order chi connectivity index (χ1) is 10.1. The molecule has 0 aliphatic rings. The van der Waals surface area contributed by atoms with Gasteiger partial charge in [0.25, 0.3) is 0 Å². The first-order valence-corrected chi connectivity index (χ1v) is 7.18. The molecule has 0 radical (unpaired) electrons. The van der Waals surface area contributed by atoms with Gasteiger partial charge in [0.05, 0.1) is 0 Å². The van der Waals surface area contributed by atoms with Gasteiger partial charge in [0.15, 0.2) is 0 Å². The van der Waals surface area contributed by atoms with Crippen molar-refractivity contribution in [1.29, 1.82) is 0 Å². The molecule has 0 aliphatic heterocycles. The highest BCUT2D eigenvalue weighted by Crippen LogP contribution is 2.24. The van der Waals surface area contributed by atoms with Gasteiger partial charge in [0.2, 0.25) is 0 Å². The molecule has 3 nitrogen and oxygen atoms in total. The third-order valence-corrected chi connectivity index (χ3v) is 3.50. The van der Waals surface area contributed by atoms with E-state index in [0.29, 0.717) is 18.1 Å². The number of carbonyl (C=O) groups excluding carboxylic acids is 1. The minimum Gasteiger partial charge on any atom is -0.508 e. The fourth-order valence-electron chi connectivity index (χ4n) is 1.97. The third-order valence-electron chi connectivity index (χ3n) is 3.50. The first kappa shape index (κ1) is 15.1. The Balaban J connectivity index is 2.02. The standard InChI is InChI=1S/C18H20O3/c1-3-13(2)12-18(20)21-17-10-6-15(7-11-17)14-4-8-16(19)9-5-14/h4-11,13,19H,3,12H2,1-2H3. The van der Waals surface area contributed by atoms with Crippen LogP contribution < -0.4 is 4.74 Å². The summed E-state index contributed by atoms with van der Waals surface area (Å²) in [4.78, 5) is 11.7. The number of hydrogen-bond acceptors (Lipinski definition) is 3. The van der Waals surface area contributed by atoms with E-state index in [4.69, 9.17) is 4.74 Å². The summed E-state index contributed by atoms with van der Waals surface area (Å²) in [5.74, 6) is 0.954. The third kappa shape index (κ3) is 4.35. The second kappa shape index (κ2) is 6.93. The molecule has 1 unspecified atom stereocenters. The molecule has 21 heavy (non-hydrogen) atoms. The van der Waals surface area contributed by atoms with E-state index in [-0.39, 0.29) is 11.7 Å². The van der Waals surface area contributed by atoms with Crippen LogP contribution in [0.25, 0.3) is 11.1 Å². The van der Waals surface area contributed by atoms with Crippen molar-refractivity contribution in [1.82, 2.24) is 0 Å². The first-order valence-electron chi connectivity index (χ1n) is 7.18. The van der Waals surface area contributed by atoms with Crippen LogP contribution in [0.1, 0.15) is 26.7 Å². The summed E-state index contributed by atoms with van der Waals surface area (Å²) in [6, 6.07) is 14.4. The average Bonchev–Trinajstić information content (AvgIpc) is 2.48. The predicted octanol–water partition coefficient (Wildman–Crippen LogP) is 4.40. The van der Waals surface area contributed by atoms with Gasteiger partial charge in [-0.3, -0.25) is 4.79 Å². The van der Waals surface area contributed by atoms with Gasteiger partial charge in [-0.1, -0.05) is 44.5 Å². The number of benzene rings is 2. The summed E-state index contributed by atoms with van der Waals surface area (Å²) in [6.07, 6.45) is 1.41. The lowest BCUT2D eigenvalue weighted by atomic mass is 10.1. The van der Waals surface area contributed by atoms with E-state index in [0.717, 1.165) is 17.5 Å². The molecule has 1 atom stereocenters. The second-order valence-corrected chi connectivity index (χ2v) is 5.26. The molecule has 1 N–H and O–H groups in total. The number of phenolic OH excluding ortho intramolecular Hbond substituents is 1. The molecule has 0 amide bonds. The molecule has 0 spiro atoms. The van der Waals surface area contributed by atoms with Gasteiger partial charge in [-0.2, -0.15) is 0 Å². The maximum atomic E-state index is 11.7. The minimum atomic E-state index is -0.193. The number of aromatic hydroxyl groups is 1. The van der Waals surface area contributed by atoms with Crippen molar-refractivity contribution in [3.8, 4) is 22.6 Å². The zero-order chi connectivity index (χ0) is 15.2. The SMILES string of the molecule is CCC(C)CC(=O)Oc1ccc(-c2ccc(O)cc2)cc1. The lowest BCUT2D eigenvalue weighted by Gasteiger charge is -2.09. The summed E-state index contributed by atoms with van der Waals surface area (Å²) in [5, 5.41) is 9.28. The molecular weight excluding hydrogens is 264 g/mol. The monoisotopic (exact) mass is 284 g/mol. The van der Waals surface area contributed by atoms with Crippen molar-refractivity contribution in [3.05, 3.63) is 48.5 Å². The van der Waals surface area contributed by atoms with Gasteiger partial charge in [-0.15, -0.1) is 0 Å². The van der Waals surface area contributed by atoms with E-state index in [1.165, 1.54) is 0 Å². The van der Waals surface area contributed by atoms with Crippen LogP contribution in [0.5, 0.6) is 11.5 Å². The van der Waals surface area contributed by atoms with Gasteiger partial charge in [0, 0.05) is 6.42 Å². The number of ether oxygens (including phenoxy) is 1. The highest BCUT2D eigenvalue weighted by molar-refractivity contribution is 5.73. The van der Waals surface area contributed by atoms with Crippen LogP contribution in [0.3, 0.4) is 0 Å². The number of hydrogen-bond donors (Lipinski definition) is 1. The molecule has 0 aliphatic carbocycles. The van der Waals surface area contributed by atoms with Crippen LogP contribution in [0.4, 0.5) is 0 Å². The quantitative estimate of drug-likeness (QED) is 0.654. The van der Waals surface area contributed by atoms with Gasteiger partial charge in [0.1, 0.15) is 11.5 Å². The van der Waals surface area contributed by atoms with Gasteiger partial charge < -0.3 is 9.84 Å². The van der Waals surface area contributed by atoms with Crippen LogP contribution >= 0.6 is 0 Å². The molecule has 110 valence electrons. The van der Waals surface area contributed by atoms with Crippen molar-refractivity contribution in [2.45, 2.75) is 26.7 Å². The maximum Gasteiger partial charge on any atom is 0.311 e. The highest BCUT2D eigenvalue weighted by atomic mass is 16.5. The van der Waals surface area contributed by atoms with Crippen LogP contribution in [-0.4, -0.2) is 11.1 Å². The Morgan fingerprint density at radius 3 is 2.10 bits per heavy atom.